The van der Waals surface area contributed by atoms with Gasteiger partial charge < -0.3 is 20.6 Å². The summed E-state index contributed by atoms with van der Waals surface area (Å²) in [5, 5.41) is 29.6. The molecule has 98 valence electrons. The Morgan fingerprint density at radius 2 is 1.76 bits per heavy atom. The first-order chi connectivity index (χ1) is 7.93. The predicted molar refractivity (Wildman–Crippen MR) is 59.2 cm³/mol. The number of amides is 1. The van der Waals surface area contributed by atoms with Crippen LogP contribution in [0.25, 0.3) is 0 Å². The number of hydrogen-bond acceptors (Lipinski definition) is 4. The van der Waals surface area contributed by atoms with Crippen molar-refractivity contribution in [2.45, 2.75) is 31.7 Å². The smallest absolute Gasteiger partial charge is 0.307 e. The molecule has 2 atom stereocenters. The number of carboxylic acids is 1. The molecule has 1 fully saturated rings. The van der Waals surface area contributed by atoms with E-state index in [4.69, 9.17) is 15.3 Å². The Morgan fingerprint density at radius 3 is 2.24 bits per heavy atom. The Bertz CT molecular complexity index is 300. The lowest BCUT2D eigenvalue weighted by Crippen LogP contribution is -2.54. The molecule has 0 aromatic rings. The monoisotopic (exact) mass is 245 g/mol. The fraction of sp³-hybridized carbons (Fsp3) is 0.818. The van der Waals surface area contributed by atoms with Crippen molar-refractivity contribution in [2.24, 2.45) is 11.8 Å². The van der Waals surface area contributed by atoms with Crippen LogP contribution in [0, 0.1) is 11.8 Å². The van der Waals surface area contributed by atoms with Crippen molar-refractivity contribution in [1.29, 1.82) is 0 Å². The number of nitrogens with one attached hydrogen (secondary N) is 1. The van der Waals surface area contributed by atoms with Crippen LogP contribution in [-0.2, 0) is 9.59 Å². The van der Waals surface area contributed by atoms with Crippen LogP contribution in [0.2, 0.25) is 0 Å². The summed E-state index contributed by atoms with van der Waals surface area (Å²) < 4.78 is 0. The quantitative estimate of drug-likeness (QED) is 0.515. The van der Waals surface area contributed by atoms with Crippen LogP contribution >= 0.6 is 0 Å². The Kier molecular flexibility index (Phi) is 4.47. The third-order valence-electron chi connectivity index (χ3n) is 3.29. The van der Waals surface area contributed by atoms with Gasteiger partial charge in [-0.2, -0.15) is 0 Å². The molecule has 4 N–H and O–H groups in total. The molecule has 1 amide bonds. The van der Waals surface area contributed by atoms with Gasteiger partial charge >= 0.3 is 5.97 Å². The zero-order chi connectivity index (χ0) is 13.1. The first-order valence-electron chi connectivity index (χ1n) is 5.70. The van der Waals surface area contributed by atoms with Crippen molar-refractivity contribution in [2.75, 3.05) is 13.2 Å². The lowest BCUT2D eigenvalue weighted by atomic mass is 9.93. The molecule has 1 aliphatic rings. The van der Waals surface area contributed by atoms with Crippen molar-refractivity contribution in [3.8, 4) is 0 Å². The highest BCUT2D eigenvalue weighted by Gasteiger charge is 2.39. The fourth-order valence-electron chi connectivity index (χ4n) is 2.09. The summed E-state index contributed by atoms with van der Waals surface area (Å²) >= 11 is 0. The molecule has 6 heteroatoms. The molecule has 0 aromatic heterocycles. The van der Waals surface area contributed by atoms with Crippen molar-refractivity contribution in [3.63, 3.8) is 0 Å². The predicted octanol–water partition coefficient (Wildman–Crippen LogP) is -0.653. The number of hydrogen-bond donors (Lipinski definition) is 4. The van der Waals surface area contributed by atoms with E-state index < -0.39 is 29.3 Å². The number of aliphatic carboxylic acids is 1. The van der Waals surface area contributed by atoms with E-state index in [0.29, 0.717) is 19.3 Å². The Hall–Kier alpha value is -1.14. The van der Waals surface area contributed by atoms with Crippen LogP contribution in [0.3, 0.4) is 0 Å². The molecular formula is C11H19NO5. The molecule has 1 saturated carbocycles. The van der Waals surface area contributed by atoms with Gasteiger partial charge in [-0.15, -0.1) is 0 Å². The molecule has 0 heterocycles. The second kappa shape index (κ2) is 5.46. The topological polar surface area (TPSA) is 107 Å². The molecule has 0 aliphatic heterocycles. The second-order valence-corrected chi connectivity index (χ2v) is 4.85. The summed E-state index contributed by atoms with van der Waals surface area (Å²) in [5.74, 6) is -2.58. The average Bonchev–Trinajstić information content (AvgIpc) is 2.77. The lowest BCUT2D eigenvalue weighted by Gasteiger charge is -2.28. The van der Waals surface area contributed by atoms with Crippen LogP contribution < -0.4 is 5.32 Å². The number of carboxylic acid groups (broad SMARTS) is 1. The lowest BCUT2D eigenvalue weighted by molar-refractivity contribution is -0.146. The van der Waals surface area contributed by atoms with Crippen LogP contribution in [-0.4, -0.2) is 45.9 Å². The van der Waals surface area contributed by atoms with E-state index >= 15 is 0 Å². The highest BCUT2D eigenvalue weighted by molar-refractivity contribution is 5.85. The molecule has 0 spiro atoms. The number of aliphatic hydroxyl groups excluding tert-OH is 2. The van der Waals surface area contributed by atoms with E-state index in [1.165, 1.54) is 6.92 Å². The molecule has 0 saturated heterocycles. The second-order valence-electron chi connectivity index (χ2n) is 4.85. The van der Waals surface area contributed by atoms with Gasteiger partial charge in [0.15, 0.2) is 0 Å². The zero-order valence-electron chi connectivity index (χ0n) is 9.85. The molecule has 0 radical (unpaired) electrons. The summed E-state index contributed by atoms with van der Waals surface area (Å²) in [7, 11) is 0. The van der Waals surface area contributed by atoms with Gasteiger partial charge in [0.1, 0.15) is 0 Å². The Labute approximate surface area is 99.6 Å². The molecule has 0 aromatic carbocycles. The molecule has 0 bridgehead atoms. The zero-order valence-corrected chi connectivity index (χ0v) is 9.85. The number of carbonyl (C=O) groups is 2. The van der Waals surface area contributed by atoms with E-state index in [1.54, 1.807) is 0 Å². The third kappa shape index (κ3) is 3.17. The van der Waals surface area contributed by atoms with Gasteiger partial charge in [0.25, 0.3) is 0 Å². The van der Waals surface area contributed by atoms with E-state index in [1.807, 2.05) is 0 Å². The van der Waals surface area contributed by atoms with Crippen LogP contribution in [0.15, 0.2) is 0 Å². The largest absolute Gasteiger partial charge is 0.481 e. The minimum Gasteiger partial charge on any atom is -0.481 e. The molecule has 1 aliphatic carbocycles. The molecule has 17 heavy (non-hydrogen) atoms. The van der Waals surface area contributed by atoms with Gasteiger partial charge in [0, 0.05) is 0 Å². The Morgan fingerprint density at radius 1 is 1.24 bits per heavy atom. The van der Waals surface area contributed by atoms with Gasteiger partial charge in [0.2, 0.25) is 5.91 Å². The van der Waals surface area contributed by atoms with Gasteiger partial charge in [-0.3, -0.25) is 9.59 Å². The minimum atomic E-state index is -1.09. The van der Waals surface area contributed by atoms with E-state index in [9.17, 15) is 9.59 Å². The third-order valence-corrected chi connectivity index (χ3v) is 3.29. The average molecular weight is 245 g/mol. The van der Waals surface area contributed by atoms with Crippen LogP contribution in [0.1, 0.15) is 26.2 Å². The van der Waals surface area contributed by atoms with Gasteiger partial charge in [-0.1, -0.05) is 6.42 Å². The maximum Gasteiger partial charge on any atom is 0.307 e. The van der Waals surface area contributed by atoms with Gasteiger partial charge in [0.05, 0.1) is 30.6 Å². The maximum absolute atomic E-state index is 11.9. The Balaban J connectivity index is 2.67. The minimum absolute atomic E-state index is 0.389. The summed E-state index contributed by atoms with van der Waals surface area (Å²) in [5.41, 5.74) is -1.09. The van der Waals surface area contributed by atoms with E-state index in [2.05, 4.69) is 5.32 Å². The summed E-state index contributed by atoms with van der Waals surface area (Å²) in [4.78, 5) is 22.8. The van der Waals surface area contributed by atoms with Crippen molar-refractivity contribution < 1.29 is 24.9 Å². The number of rotatable bonds is 5. The van der Waals surface area contributed by atoms with E-state index in [0.717, 1.165) is 0 Å². The summed E-state index contributed by atoms with van der Waals surface area (Å²) in [6.07, 6.45) is 1.75. The highest BCUT2D eigenvalue weighted by atomic mass is 16.4. The van der Waals surface area contributed by atoms with Gasteiger partial charge in [-0.05, 0) is 19.8 Å². The first kappa shape index (κ1) is 13.9. The number of carbonyl (C=O) groups excluding carboxylic acids is 1. The van der Waals surface area contributed by atoms with E-state index in [-0.39, 0.29) is 13.2 Å². The molecule has 6 nitrogen and oxygen atoms in total. The number of aliphatic hydroxyl groups is 2. The molecular weight excluding hydrogens is 226 g/mol. The van der Waals surface area contributed by atoms with Crippen molar-refractivity contribution in [3.05, 3.63) is 0 Å². The summed E-state index contributed by atoms with van der Waals surface area (Å²) in [6, 6.07) is 0. The van der Waals surface area contributed by atoms with Crippen molar-refractivity contribution in [1.82, 2.24) is 5.32 Å². The SMILES string of the molecule is CC(CO)(CO)NC(=O)[C@@H]1CCC[C@@H]1C(=O)O. The molecule has 1 rings (SSSR count). The van der Waals surface area contributed by atoms with Crippen molar-refractivity contribution >= 4 is 11.9 Å². The van der Waals surface area contributed by atoms with Crippen LogP contribution in [0.5, 0.6) is 0 Å². The first-order valence-corrected chi connectivity index (χ1v) is 5.70. The van der Waals surface area contributed by atoms with Crippen LogP contribution in [0.4, 0.5) is 0 Å². The highest BCUT2D eigenvalue weighted by Crippen LogP contribution is 2.32. The normalized spacial score (nSPS) is 24.6. The van der Waals surface area contributed by atoms with Gasteiger partial charge in [-0.25, -0.2) is 0 Å². The maximum atomic E-state index is 11.9. The summed E-state index contributed by atoms with van der Waals surface area (Å²) in [6.45, 7) is 0.731. The molecule has 0 unspecified atom stereocenters. The fourth-order valence-corrected chi connectivity index (χ4v) is 2.09. The standard InChI is InChI=1S/C11H19NO5/c1-11(5-13,6-14)12-9(15)7-3-2-4-8(7)10(16)17/h7-8,13-14H,2-6H2,1H3,(H,12,15)(H,16,17)/t7-,8+/m1/s1.